The maximum atomic E-state index is 5.41. The van der Waals surface area contributed by atoms with Gasteiger partial charge in [0.25, 0.3) is 0 Å². The van der Waals surface area contributed by atoms with Gasteiger partial charge in [-0.3, -0.25) is 0 Å². The lowest BCUT2D eigenvalue weighted by Gasteiger charge is -2.03. The van der Waals surface area contributed by atoms with Crippen molar-refractivity contribution in [2.45, 2.75) is 19.4 Å². The molecule has 2 N–H and O–H groups in total. The standard InChI is InChI=1S/C8H14N2OS/c1-6(11-2)8-10-7(3-4-9)5-12-8/h5-6H,3-4,9H2,1-2H3. The summed E-state index contributed by atoms with van der Waals surface area (Å²) >= 11 is 1.63. The molecule has 1 rings (SSSR count). The van der Waals surface area contributed by atoms with Gasteiger partial charge in [-0.1, -0.05) is 0 Å². The average Bonchev–Trinajstić information content (AvgIpc) is 2.52. The molecule has 0 radical (unpaired) electrons. The monoisotopic (exact) mass is 186 g/mol. The third-order valence-electron chi connectivity index (χ3n) is 1.67. The number of hydrogen-bond acceptors (Lipinski definition) is 4. The van der Waals surface area contributed by atoms with Gasteiger partial charge in [-0.05, 0) is 13.5 Å². The van der Waals surface area contributed by atoms with E-state index in [0.29, 0.717) is 6.54 Å². The summed E-state index contributed by atoms with van der Waals surface area (Å²) in [4.78, 5) is 4.38. The highest BCUT2D eigenvalue weighted by Crippen LogP contribution is 2.20. The van der Waals surface area contributed by atoms with Crippen molar-refractivity contribution in [3.8, 4) is 0 Å². The number of rotatable bonds is 4. The van der Waals surface area contributed by atoms with E-state index in [9.17, 15) is 0 Å². The molecule has 0 fully saturated rings. The van der Waals surface area contributed by atoms with E-state index < -0.39 is 0 Å². The molecule has 0 aliphatic heterocycles. The molecule has 0 aliphatic carbocycles. The van der Waals surface area contributed by atoms with Gasteiger partial charge in [0.05, 0.1) is 5.69 Å². The van der Waals surface area contributed by atoms with Crippen molar-refractivity contribution in [2.24, 2.45) is 5.73 Å². The second kappa shape index (κ2) is 4.54. The summed E-state index contributed by atoms with van der Waals surface area (Å²) in [5, 5.41) is 3.07. The molecule has 1 atom stereocenters. The molecular formula is C8H14N2OS. The van der Waals surface area contributed by atoms with E-state index in [2.05, 4.69) is 4.98 Å². The van der Waals surface area contributed by atoms with Crippen LogP contribution in [0.25, 0.3) is 0 Å². The van der Waals surface area contributed by atoms with Crippen LogP contribution in [0.4, 0.5) is 0 Å². The van der Waals surface area contributed by atoms with Gasteiger partial charge in [0.1, 0.15) is 11.1 Å². The van der Waals surface area contributed by atoms with Crippen LogP contribution >= 0.6 is 11.3 Å². The van der Waals surface area contributed by atoms with Gasteiger partial charge < -0.3 is 10.5 Å². The number of nitrogens with two attached hydrogens (primary N) is 1. The van der Waals surface area contributed by atoms with Crippen LogP contribution in [-0.2, 0) is 11.2 Å². The summed E-state index contributed by atoms with van der Waals surface area (Å²) in [6.07, 6.45) is 0.953. The molecule has 0 saturated carbocycles. The normalized spacial score (nSPS) is 13.2. The molecule has 0 amide bonds. The predicted molar refractivity (Wildman–Crippen MR) is 50.3 cm³/mol. The fraction of sp³-hybridized carbons (Fsp3) is 0.625. The number of hydrogen-bond donors (Lipinski definition) is 1. The second-order valence-electron chi connectivity index (χ2n) is 2.59. The third kappa shape index (κ3) is 2.27. The molecule has 12 heavy (non-hydrogen) atoms. The van der Waals surface area contributed by atoms with Crippen LogP contribution in [-0.4, -0.2) is 18.6 Å². The summed E-state index contributed by atoms with van der Waals surface area (Å²) in [7, 11) is 1.69. The largest absolute Gasteiger partial charge is 0.375 e. The fourth-order valence-corrected chi connectivity index (χ4v) is 1.76. The first kappa shape index (κ1) is 9.64. The van der Waals surface area contributed by atoms with Crippen LogP contribution in [0.3, 0.4) is 0 Å². The van der Waals surface area contributed by atoms with Gasteiger partial charge in [0.15, 0.2) is 0 Å². The summed E-state index contributed by atoms with van der Waals surface area (Å²) < 4.78 is 5.14. The van der Waals surface area contributed by atoms with E-state index in [-0.39, 0.29) is 6.10 Å². The van der Waals surface area contributed by atoms with Crippen LogP contribution in [0.5, 0.6) is 0 Å². The maximum absolute atomic E-state index is 5.41. The van der Waals surface area contributed by atoms with Crippen molar-refractivity contribution in [3.63, 3.8) is 0 Å². The van der Waals surface area contributed by atoms with Crippen LogP contribution < -0.4 is 5.73 Å². The first-order chi connectivity index (χ1) is 5.77. The highest BCUT2D eigenvalue weighted by atomic mass is 32.1. The smallest absolute Gasteiger partial charge is 0.121 e. The Bertz CT molecular complexity index is 237. The maximum Gasteiger partial charge on any atom is 0.121 e. The van der Waals surface area contributed by atoms with E-state index in [1.165, 1.54) is 0 Å². The van der Waals surface area contributed by atoms with E-state index in [1.54, 1.807) is 18.4 Å². The number of methoxy groups -OCH3 is 1. The first-order valence-electron chi connectivity index (χ1n) is 3.95. The van der Waals surface area contributed by atoms with Crippen molar-refractivity contribution in [1.82, 2.24) is 4.98 Å². The Morgan fingerprint density at radius 1 is 1.75 bits per heavy atom. The van der Waals surface area contributed by atoms with E-state index >= 15 is 0 Å². The lowest BCUT2D eigenvalue weighted by atomic mass is 10.3. The predicted octanol–water partition coefficient (Wildman–Crippen LogP) is 1.35. The van der Waals surface area contributed by atoms with Gasteiger partial charge >= 0.3 is 0 Å². The minimum Gasteiger partial charge on any atom is -0.375 e. The van der Waals surface area contributed by atoms with Gasteiger partial charge in [0.2, 0.25) is 0 Å². The minimum atomic E-state index is 0.0986. The zero-order chi connectivity index (χ0) is 8.97. The van der Waals surface area contributed by atoms with Gasteiger partial charge in [-0.25, -0.2) is 4.98 Å². The van der Waals surface area contributed by atoms with Crippen molar-refractivity contribution in [3.05, 3.63) is 16.1 Å². The molecule has 1 unspecified atom stereocenters. The van der Waals surface area contributed by atoms with Crippen LogP contribution in [0.2, 0.25) is 0 Å². The minimum absolute atomic E-state index is 0.0986. The SMILES string of the molecule is COC(C)c1nc(CCN)cs1. The molecule has 3 nitrogen and oxygen atoms in total. The lowest BCUT2D eigenvalue weighted by Crippen LogP contribution is -2.03. The Morgan fingerprint density at radius 3 is 3.08 bits per heavy atom. The molecule has 0 saturated heterocycles. The van der Waals surface area contributed by atoms with E-state index in [0.717, 1.165) is 17.1 Å². The molecule has 0 aromatic carbocycles. The lowest BCUT2D eigenvalue weighted by molar-refractivity contribution is 0.119. The van der Waals surface area contributed by atoms with E-state index in [1.807, 2.05) is 12.3 Å². The van der Waals surface area contributed by atoms with E-state index in [4.69, 9.17) is 10.5 Å². The number of ether oxygens (including phenoxy) is 1. The molecule has 0 aliphatic rings. The average molecular weight is 186 g/mol. The topological polar surface area (TPSA) is 48.1 Å². The fourth-order valence-electron chi connectivity index (χ4n) is 0.873. The van der Waals surface area contributed by atoms with Crippen molar-refractivity contribution >= 4 is 11.3 Å². The Hall–Kier alpha value is -0.450. The summed E-state index contributed by atoms with van der Waals surface area (Å²) in [5.41, 5.74) is 6.48. The molecule has 1 heterocycles. The Labute approximate surface area is 76.6 Å². The van der Waals surface area contributed by atoms with Crippen LogP contribution in [0, 0.1) is 0 Å². The molecule has 0 bridgehead atoms. The Kier molecular flexibility index (Phi) is 3.65. The molecule has 0 spiro atoms. The number of nitrogens with zero attached hydrogens (tertiary/aromatic N) is 1. The Balaban J connectivity index is 2.63. The summed E-state index contributed by atoms with van der Waals surface area (Å²) in [6, 6.07) is 0. The van der Waals surface area contributed by atoms with Crippen LogP contribution in [0.1, 0.15) is 23.7 Å². The number of aromatic nitrogens is 1. The summed E-state index contributed by atoms with van der Waals surface area (Å²) in [5.74, 6) is 0. The second-order valence-corrected chi connectivity index (χ2v) is 3.48. The van der Waals surface area contributed by atoms with Crippen molar-refractivity contribution < 1.29 is 4.74 Å². The van der Waals surface area contributed by atoms with Gasteiger partial charge in [0, 0.05) is 18.9 Å². The highest BCUT2D eigenvalue weighted by Gasteiger charge is 2.08. The van der Waals surface area contributed by atoms with Gasteiger partial charge in [-0.15, -0.1) is 11.3 Å². The molecular weight excluding hydrogens is 172 g/mol. The first-order valence-corrected chi connectivity index (χ1v) is 4.83. The molecule has 4 heteroatoms. The van der Waals surface area contributed by atoms with Crippen molar-refractivity contribution in [1.29, 1.82) is 0 Å². The number of thiazole rings is 1. The molecule has 1 aromatic heterocycles. The van der Waals surface area contributed by atoms with Gasteiger partial charge in [-0.2, -0.15) is 0 Å². The molecule has 1 aromatic rings. The zero-order valence-corrected chi connectivity index (χ0v) is 8.23. The highest BCUT2D eigenvalue weighted by molar-refractivity contribution is 7.09. The third-order valence-corrected chi connectivity index (χ3v) is 2.73. The molecule has 68 valence electrons. The van der Waals surface area contributed by atoms with Crippen molar-refractivity contribution in [2.75, 3.05) is 13.7 Å². The Morgan fingerprint density at radius 2 is 2.50 bits per heavy atom. The zero-order valence-electron chi connectivity index (χ0n) is 7.41. The summed E-state index contributed by atoms with van der Waals surface area (Å²) in [6.45, 7) is 2.65. The van der Waals surface area contributed by atoms with Crippen LogP contribution in [0.15, 0.2) is 5.38 Å². The quantitative estimate of drug-likeness (QED) is 0.772.